The van der Waals surface area contributed by atoms with Crippen molar-refractivity contribution < 1.29 is 49.8 Å². The van der Waals surface area contributed by atoms with E-state index in [0.29, 0.717) is 0 Å². The molecular formula is C42H80Ca2O10. The molecule has 2 atom stereocenters. The van der Waals surface area contributed by atoms with Gasteiger partial charge < -0.3 is 49.8 Å². The van der Waals surface area contributed by atoms with Crippen molar-refractivity contribution in [2.24, 2.45) is 0 Å². The molecule has 0 radical (unpaired) electrons. The quantitative estimate of drug-likeness (QED) is 0.0620. The van der Waals surface area contributed by atoms with E-state index in [2.05, 4.69) is 13.8 Å². The Balaban J connectivity index is -0.000000159. The van der Waals surface area contributed by atoms with Crippen molar-refractivity contribution >= 4 is 99.4 Å². The molecule has 0 aromatic rings. The zero-order chi connectivity index (χ0) is 40.1. The van der Waals surface area contributed by atoms with Gasteiger partial charge in [0.25, 0.3) is 0 Å². The first-order valence-electron chi connectivity index (χ1n) is 21.0. The molecule has 0 aromatic heterocycles. The minimum absolute atomic E-state index is 0. The second-order valence-electron chi connectivity index (χ2n) is 14.1. The predicted octanol–water partition coefficient (Wildman–Crippen LogP) is 5.47. The molecule has 0 saturated carbocycles. The van der Waals surface area contributed by atoms with Gasteiger partial charge in [-0.05, 0) is 39.5 Å². The van der Waals surface area contributed by atoms with Crippen LogP contribution in [0.25, 0.3) is 0 Å². The van der Waals surface area contributed by atoms with Gasteiger partial charge in [-0.2, -0.15) is 0 Å². The van der Waals surface area contributed by atoms with Crippen molar-refractivity contribution in [3.63, 3.8) is 0 Å². The fourth-order valence-electron chi connectivity index (χ4n) is 5.28. The van der Waals surface area contributed by atoms with Gasteiger partial charge >= 0.3 is 75.5 Å². The summed E-state index contributed by atoms with van der Waals surface area (Å²) in [5, 5.41) is 55.1. The standard InChI is InChI=1S/2C18H36O2.2C3H6O3.2Ca/c2*1-2-3-4-5-6-7-8-9-10-11-12-13-14-15-16-17-18(19)20;2*1-2(4)3(5)6;;/h2*2-17H2,1H3,(H,19,20);2*2,4H,1H3,(H,5,6);;/q;;;;2*+2/p-4. The number of rotatable bonds is 34. The molecule has 10 nitrogen and oxygen atoms in total. The monoisotopic (exact) mass is 825 g/mol. The first-order chi connectivity index (χ1) is 24.8. The number of carboxylic acids is 4. The molecule has 0 spiro atoms. The van der Waals surface area contributed by atoms with E-state index >= 15 is 0 Å². The van der Waals surface area contributed by atoms with E-state index in [1.807, 2.05) is 0 Å². The molecule has 312 valence electrons. The van der Waals surface area contributed by atoms with Crippen LogP contribution in [0.5, 0.6) is 0 Å². The normalized spacial score (nSPS) is 11.1. The maximum absolute atomic E-state index is 10.2. The van der Waals surface area contributed by atoms with E-state index in [1.54, 1.807) is 0 Å². The Morgan fingerprint density at radius 2 is 0.481 bits per heavy atom. The number of aliphatic carboxylic acids is 4. The Morgan fingerprint density at radius 3 is 0.593 bits per heavy atom. The zero-order valence-corrected chi connectivity index (χ0v) is 39.8. The van der Waals surface area contributed by atoms with Gasteiger partial charge in [-0.3, -0.25) is 0 Å². The molecule has 0 aliphatic heterocycles. The molecule has 0 bridgehead atoms. The third kappa shape index (κ3) is 76.9. The Bertz CT molecular complexity index is 705. The summed E-state index contributed by atoms with van der Waals surface area (Å²) in [6, 6.07) is 0. The number of unbranched alkanes of at least 4 members (excludes halogenated alkanes) is 28. The number of hydrogen-bond donors (Lipinski definition) is 2. The SMILES string of the molecule is CC(O)C(=O)[O-].CC(O)C(=O)[O-].CCCCCCCCCCCCCCCCCC(=O)[O-].CCCCCCCCCCCCCCCCCC(=O)[O-].[Ca+2].[Ca+2]. The van der Waals surface area contributed by atoms with E-state index in [1.165, 1.54) is 167 Å². The van der Waals surface area contributed by atoms with Crippen LogP contribution in [-0.4, -0.2) is 122 Å². The van der Waals surface area contributed by atoms with Gasteiger partial charge in [-0.1, -0.05) is 194 Å². The second kappa shape index (κ2) is 57.6. The first kappa shape index (κ1) is 66.1. The van der Waals surface area contributed by atoms with Crippen LogP contribution >= 0.6 is 0 Å². The van der Waals surface area contributed by atoms with Gasteiger partial charge in [0, 0.05) is 11.9 Å². The fraction of sp³-hybridized carbons (Fsp3) is 0.905. The molecule has 0 aromatic carbocycles. The number of carbonyl (C=O) groups is 4. The molecule has 54 heavy (non-hydrogen) atoms. The van der Waals surface area contributed by atoms with E-state index in [9.17, 15) is 39.6 Å². The second-order valence-corrected chi connectivity index (χ2v) is 14.1. The van der Waals surface area contributed by atoms with Crippen LogP contribution in [0.3, 0.4) is 0 Å². The summed E-state index contributed by atoms with van der Waals surface area (Å²) in [4.78, 5) is 39.1. The van der Waals surface area contributed by atoms with Crippen LogP contribution in [0.2, 0.25) is 0 Å². The summed E-state index contributed by atoms with van der Waals surface area (Å²) in [5.41, 5.74) is 0. The van der Waals surface area contributed by atoms with E-state index in [0.717, 1.165) is 39.5 Å². The smallest absolute Gasteiger partial charge is 0.550 e. The van der Waals surface area contributed by atoms with Crippen LogP contribution in [0.15, 0.2) is 0 Å². The minimum Gasteiger partial charge on any atom is -0.550 e. The molecule has 0 saturated heterocycles. The van der Waals surface area contributed by atoms with Gasteiger partial charge in [-0.15, -0.1) is 0 Å². The van der Waals surface area contributed by atoms with Crippen LogP contribution in [-0.2, 0) is 19.2 Å². The van der Waals surface area contributed by atoms with Crippen molar-refractivity contribution in [3.8, 4) is 0 Å². The number of aliphatic hydroxyl groups is 2. The molecular weight excluding hydrogens is 745 g/mol. The largest absolute Gasteiger partial charge is 2.00 e. The topological polar surface area (TPSA) is 201 Å². The molecule has 12 heteroatoms. The van der Waals surface area contributed by atoms with Gasteiger partial charge in [-0.25, -0.2) is 0 Å². The van der Waals surface area contributed by atoms with Crippen molar-refractivity contribution in [2.75, 3.05) is 0 Å². The summed E-state index contributed by atoms with van der Waals surface area (Å²) in [7, 11) is 0. The Kier molecular flexibility index (Phi) is 70.6. The Labute approximate surface area is 390 Å². The molecule has 0 aliphatic rings. The third-order valence-corrected chi connectivity index (χ3v) is 8.65. The van der Waals surface area contributed by atoms with E-state index in [4.69, 9.17) is 10.2 Å². The van der Waals surface area contributed by atoms with Crippen molar-refractivity contribution in [2.45, 2.75) is 245 Å². The average Bonchev–Trinajstić information content (AvgIpc) is 3.08. The van der Waals surface area contributed by atoms with Crippen LogP contribution < -0.4 is 20.4 Å². The summed E-state index contributed by atoms with van der Waals surface area (Å²) in [6.07, 6.45) is 37.0. The molecule has 0 amide bonds. The molecule has 0 rings (SSSR count). The summed E-state index contributed by atoms with van der Waals surface area (Å²) in [5.74, 6) is -4.68. The molecule has 2 unspecified atom stereocenters. The van der Waals surface area contributed by atoms with Gasteiger partial charge in [0.2, 0.25) is 0 Å². The zero-order valence-electron chi connectivity index (χ0n) is 35.4. The van der Waals surface area contributed by atoms with Crippen LogP contribution in [0.4, 0.5) is 0 Å². The third-order valence-electron chi connectivity index (χ3n) is 8.65. The van der Waals surface area contributed by atoms with Crippen molar-refractivity contribution in [1.29, 1.82) is 0 Å². The number of aliphatic hydroxyl groups excluding tert-OH is 2. The number of carbonyl (C=O) groups excluding carboxylic acids is 4. The summed E-state index contributed by atoms with van der Waals surface area (Å²) in [6.45, 7) is 6.80. The maximum Gasteiger partial charge on any atom is 2.00 e. The molecule has 2 N–H and O–H groups in total. The summed E-state index contributed by atoms with van der Waals surface area (Å²) >= 11 is 0. The van der Waals surface area contributed by atoms with Gasteiger partial charge in [0.15, 0.2) is 0 Å². The average molecular weight is 825 g/mol. The number of hydrogen-bond acceptors (Lipinski definition) is 10. The first-order valence-corrected chi connectivity index (χ1v) is 21.0. The van der Waals surface area contributed by atoms with Crippen LogP contribution in [0.1, 0.15) is 233 Å². The van der Waals surface area contributed by atoms with Crippen molar-refractivity contribution in [3.05, 3.63) is 0 Å². The van der Waals surface area contributed by atoms with E-state index < -0.39 is 36.1 Å². The molecule has 0 fully saturated rings. The maximum atomic E-state index is 10.2. The van der Waals surface area contributed by atoms with Crippen molar-refractivity contribution in [1.82, 2.24) is 0 Å². The number of carboxylic acid groups (broad SMARTS) is 4. The van der Waals surface area contributed by atoms with Gasteiger partial charge in [0.05, 0.1) is 24.1 Å². The van der Waals surface area contributed by atoms with E-state index in [-0.39, 0.29) is 88.3 Å². The van der Waals surface area contributed by atoms with Gasteiger partial charge in [0.1, 0.15) is 0 Å². The predicted molar refractivity (Wildman–Crippen MR) is 214 cm³/mol. The Morgan fingerprint density at radius 1 is 0.352 bits per heavy atom. The molecule has 0 aliphatic carbocycles. The Hall–Kier alpha value is 0.319. The van der Waals surface area contributed by atoms with Crippen LogP contribution in [0, 0.1) is 0 Å². The summed E-state index contributed by atoms with van der Waals surface area (Å²) < 4.78 is 0. The fourth-order valence-corrected chi connectivity index (χ4v) is 5.28. The molecule has 0 heterocycles. The minimum atomic E-state index is -1.44.